The van der Waals surface area contributed by atoms with Crippen molar-refractivity contribution in [1.29, 1.82) is 0 Å². The maximum atomic E-state index is 11.2. The quantitative estimate of drug-likeness (QED) is 0.467. The molecule has 2 N–H and O–H groups in total. The molecule has 15 heavy (non-hydrogen) atoms. The van der Waals surface area contributed by atoms with Crippen molar-refractivity contribution in [2.24, 2.45) is 0 Å². The van der Waals surface area contributed by atoms with Gasteiger partial charge in [0.05, 0.1) is 6.61 Å². The molecule has 0 aliphatic heterocycles. The fraction of sp³-hybridized carbons (Fsp3) is 0.250. The predicted octanol–water partition coefficient (Wildman–Crippen LogP) is 2.24. The van der Waals surface area contributed by atoms with Crippen LogP contribution in [0.2, 0.25) is 0 Å². The van der Waals surface area contributed by atoms with Gasteiger partial charge in [0.25, 0.3) is 0 Å². The number of ether oxygens (including phenoxy) is 1. The van der Waals surface area contributed by atoms with Gasteiger partial charge < -0.3 is 10.5 Å². The highest BCUT2D eigenvalue weighted by Gasteiger charge is 2.00. The number of carbonyl (C=O) groups excluding carboxylic acids is 1. The van der Waals surface area contributed by atoms with Gasteiger partial charge in [-0.1, -0.05) is 12.1 Å². The molecular formula is C12H15NO2. The summed E-state index contributed by atoms with van der Waals surface area (Å²) in [6, 6.07) is 7.39. The lowest BCUT2D eigenvalue weighted by molar-refractivity contribution is -0.137. The van der Waals surface area contributed by atoms with Crippen molar-refractivity contribution < 1.29 is 9.53 Å². The van der Waals surface area contributed by atoms with Crippen molar-refractivity contribution >= 4 is 17.2 Å². The van der Waals surface area contributed by atoms with Crippen LogP contribution in [0.25, 0.3) is 5.57 Å². The Hall–Kier alpha value is -1.77. The molecule has 0 aliphatic rings. The van der Waals surface area contributed by atoms with Gasteiger partial charge in [0.2, 0.25) is 0 Å². The maximum absolute atomic E-state index is 11.2. The zero-order valence-electron chi connectivity index (χ0n) is 8.99. The summed E-state index contributed by atoms with van der Waals surface area (Å²) in [5, 5.41) is 0. The summed E-state index contributed by atoms with van der Waals surface area (Å²) in [5.41, 5.74) is 8.11. The van der Waals surface area contributed by atoms with Gasteiger partial charge in [-0.05, 0) is 37.1 Å². The third-order valence-electron chi connectivity index (χ3n) is 1.96. The molecule has 3 nitrogen and oxygen atoms in total. The second kappa shape index (κ2) is 5.20. The van der Waals surface area contributed by atoms with Gasteiger partial charge in [-0.15, -0.1) is 0 Å². The molecule has 0 heterocycles. The second-order valence-electron chi connectivity index (χ2n) is 3.20. The number of esters is 1. The number of hydrogen-bond acceptors (Lipinski definition) is 3. The van der Waals surface area contributed by atoms with Gasteiger partial charge >= 0.3 is 5.97 Å². The van der Waals surface area contributed by atoms with E-state index in [4.69, 9.17) is 10.5 Å². The summed E-state index contributed by atoms with van der Waals surface area (Å²) in [5.74, 6) is -0.322. The molecule has 0 amide bonds. The predicted molar refractivity (Wildman–Crippen MR) is 61.1 cm³/mol. The lowest BCUT2D eigenvalue weighted by atomic mass is 10.1. The zero-order valence-corrected chi connectivity index (χ0v) is 8.99. The van der Waals surface area contributed by atoms with E-state index in [-0.39, 0.29) is 5.97 Å². The van der Waals surface area contributed by atoms with E-state index in [1.165, 1.54) is 6.08 Å². The average molecular weight is 205 g/mol. The molecule has 0 unspecified atom stereocenters. The number of benzene rings is 1. The molecule has 0 atom stereocenters. The molecule has 0 radical (unpaired) electrons. The smallest absolute Gasteiger partial charge is 0.331 e. The molecule has 3 heteroatoms. The van der Waals surface area contributed by atoms with Gasteiger partial charge in [-0.3, -0.25) is 0 Å². The normalized spacial score (nSPS) is 11.2. The van der Waals surface area contributed by atoms with Gasteiger partial charge in [0.1, 0.15) is 0 Å². The van der Waals surface area contributed by atoms with Crippen LogP contribution in [0.3, 0.4) is 0 Å². The number of carbonyl (C=O) groups is 1. The molecule has 0 aromatic heterocycles. The molecule has 1 aromatic carbocycles. The maximum Gasteiger partial charge on any atom is 0.331 e. The van der Waals surface area contributed by atoms with E-state index >= 15 is 0 Å². The summed E-state index contributed by atoms with van der Waals surface area (Å²) in [4.78, 5) is 11.2. The Morgan fingerprint density at radius 3 is 2.87 bits per heavy atom. The summed E-state index contributed by atoms with van der Waals surface area (Å²) in [6.07, 6.45) is 1.47. The number of hydrogen-bond donors (Lipinski definition) is 1. The van der Waals surface area contributed by atoms with Crippen LogP contribution >= 0.6 is 0 Å². The molecule has 0 bridgehead atoms. The highest BCUT2D eigenvalue weighted by Crippen LogP contribution is 2.16. The summed E-state index contributed by atoms with van der Waals surface area (Å²) in [7, 11) is 0. The van der Waals surface area contributed by atoms with E-state index in [0.717, 1.165) is 11.1 Å². The topological polar surface area (TPSA) is 52.3 Å². The van der Waals surface area contributed by atoms with Crippen LogP contribution in [0.5, 0.6) is 0 Å². The third kappa shape index (κ3) is 3.46. The molecule has 1 rings (SSSR count). The number of allylic oxidation sites excluding steroid dienone is 1. The molecular weight excluding hydrogens is 190 g/mol. The number of anilines is 1. The van der Waals surface area contributed by atoms with Crippen molar-refractivity contribution in [1.82, 2.24) is 0 Å². The fourth-order valence-corrected chi connectivity index (χ4v) is 1.23. The molecule has 0 fully saturated rings. The van der Waals surface area contributed by atoms with Crippen LogP contribution in [-0.4, -0.2) is 12.6 Å². The van der Waals surface area contributed by atoms with Crippen LogP contribution in [0, 0.1) is 0 Å². The van der Waals surface area contributed by atoms with E-state index in [2.05, 4.69) is 0 Å². The number of rotatable bonds is 3. The van der Waals surface area contributed by atoms with Gasteiger partial charge in [-0.25, -0.2) is 4.79 Å². The minimum absolute atomic E-state index is 0.322. The van der Waals surface area contributed by atoms with Crippen molar-refractivity contribution in [2.45, 2.75) is 13.8 Å². The first kappa shape index (κ1) is 11.3. The number of nitrogen functional groups attached to an aromatic ring is 1. The molecule has 0 saturated carbocycles. The number of nitrogens with two attached hydrogens (primary N) is 1. The molecule has 0 saturated heterocycles. The van der Waals surface area contributed by atoms with E-state index in [1.807, 2.05) is 25.1 Å². The van der Waals surface area contributed by atoms with Crippen LogP contribution in [0.1, 0.15) is 19.4 Å². The Kier molecular flexibility index (Phi) is 3.92. The Labute approximate surface area is 89.5 Å². The van der Waals surface area contributed by atoms with Crippen molar-refractivity contribution in [2.75, 3.05) is 12.3 Å². The van der Waals surface area contributed by atoms with Crippen molar-refractivity contribution in [3.8, 4) is 0 Å². The van der Waals surface area contributed by atoms with Crippen LogP contribution in [0.15, 0.2) is 30.3 Å². The van der Waals surface area contributed by atoms with Crippen LogP contribution in [-0.2, 0) is 9.53 Å². The van der Waals surface area contributed by atoms with Crippen molar-refractivity contribution in [3.05, 3.63) is 35.9 Å². The molecule has 0 aliphatic carbocycles. The minimum atomic E-state index is -0.322. The first-order chi connectivity index (χ1) is 7.13. The highest BCUT2D eigenvalue weighted by atomic mass is 16.5. The summed E-state index contributed by atoms with van der Waals surface area (Å²) < 4.78 is 4.82. The zero-order chi connectivity index (χ0) is 11.3. The first-order valence-corrected chi connectivity index (χ1v) is 4.84. The molecule has 1 aromatic rings. The fourth-order valence-electron chi connectivity index (χ4n) is 1.23. The monoisotopic (exact) mass is 205 g/mol. The Bertz CT molecular complexity index is 383. The van der Waals surface area contributed by atoms with Crippen molar-refractivity contribution in [3.63, 3.8) is 0 Å². The lowest BCUT2D eigenvalue weighted by Crippen LogP contribution is -2.00. The lowest BCUT2D eigenvalue weighted by Gasteiger charge is -2.02. The third-order valence-corrected chi connectivity index (χ3v) is 1.96. The van der Waals surface area contributed by atoms with Crippen LogP contribution < -0.4 is 5.73 Å². The Morgan fingerprint density at radius 1 is 1.53 bits per heavy atom. The van der Waals surface area contributed by atoms with Gasteiger partial charge in [0, 0.05) is 11.8 Å². The Morgan fingerprint density at radius 2 is 2.27 bits per heavy atom. The largest absolute Gasteiger partial charge is 0.463 e. The first-order valence-electron chi connectivity index (χ1n) is 4.84. The van der Waals surface area contributed by atoms with Gasteiger partial charge in [0.15, 0.2) is 0 Å². The Balaban J connectivity index is 2.84. The van der Waals surface area contributed by atoms with Gasteiger partial charge in [-0.2, -0.15) is 0 Å². The van der Waals surface area contributed by atoms with E-state index in [9.17, 15) is 4.79 Å². The summed E-state index contributed by atoms with van der Waals surface area (Å²) in [6.45, 7) is 4.02. The molecule has 80 valence electrons. The summed E-state index contributed by atoms with van der Waals surface area (Å²) >= 11 is 0. The van der Waals surface area contributed by atoms with E-state index in [1.54, 1.807) is 13.0 Å². The van der Waals surface area contributed by atoms with E-state index < -0.39 is 0 Å². The minimum Gasteiger partial charge on any atom is -0.463 e. The standard InChI is InChI=1S/C12H15NO2/c1-3-15-12(14)7-9(2)10-5-4-6-11(13)8-10/h4-8H,3,13H2,1-2H3/b9-7-. The average Bonchev–Trinajstić information content (AvgIpc) is 2.18. The highest BCUT2D eigenvalue weighted by molar-refractivity contribution is 5.91. The van der Waals surface area contributed by atoms with E-state index in [0.29, 0.717) is 12.3 Å². The van der Waals surface area contributed by atoms with Crippen LogP contribution in [0.4, 0.5) is 5.69 Å². The molecule has 0 spiro atoms. The SMILES string of the molecule is CCOC(=O)/C=C(/C)c1cccc(N)c1. The second-order valence-corrected chi connectivity index (χ2v) is 3.20.